The van der Waals surface area contributed by atoms with Crippen LogP contribution in [0.3, 0.4) is 0 Å². The molecule has 16 heavy (non-hydrogen) atoms. The first kappa shape index (κ1) is 13.3. The lowest BCUT2D eigenvalue weighted by Crippen LogP contribution is -1.98. The van der Waals surface area contributed by atoms with E-state index >= 15 is 0 Å². The van der Waals surface area contributed by atoms with E-state index < -0.39 is 6.10 Å². The molecule has 0 saturated heterocycles. The monoisotopic (exact) mass is 242 g/mol. The number of benzene rings is 1. The van der Waals surface area contributed by atoms with Gasteiger partial charge in [0.1, 0.15) is 5.75 Å². The molecule has 0 radical (unpaired) electrons. The summed E-state index contributed by atoms with van der Waals surface area (Å²) in [4.78, 5) is 0. The van der Waals surface area contributed by atoms with Gasteiger partial charge in [-0.3, -0.25) is 0 Å². The van der Waals surface area contributed by atoms with Gasteiger partial charge < -0.3 is 9.84 Å². The van der Waals surface area contributed by atoms with Crippen molar-refractivity contribution in [2.45, 2.75) is 38.7 Å². The van der Waals surface area contributed by atoms with Crippen LogP contribution in [0.25, 0.3) is 0 Å². The van der Waals surface area contributed by atoms with E-state index in [0.29, 0.717) is 5.02 Å². The molecule has 1 rings (SSSR count). The smallest absolute Gasteiger partial charge is 0.120 e. The molecule has 3 heteroatoms. The molecule has 0 fully saturated rings. The predicted molar refractivity (Wildman–Crippen MR) is 67.1 cm³/mol. The van der Waals surface area contributed by atoms with Crippen LogP contribution in [0.4, 0.5) is 0 Å². The van der Waals surface area contributed by atoms with Gasteiger partial charge in [-0.2, -0.15) is 0 Å². The van der Waals surface area contributed by atoms with Gasteiger partial charge in [0.2, 0.25) is 0 Å². The fourth-order valence-electron chi connectivity index (χ4n) is 1.65. The maximum Gasteiger partial charge on any atom is 0.120 e. The molecule has 0 bridgehead atoms. The number of aliphatic hydroxyl groups is 1. The van der Waals surface area contributed by atoms with Gasteiger partial charge in [0.05, 0.1) is 18.2 Å². The second kappa shape index (κ2) is 6.77. The Bertz CT molecular complexity index is 326. The average Bonchev–Trinajstić information content (AvgIpc) is 2.29. The summed E-state index contributed by atoms with van der Waals surface area (Å²) in [6, 6.07) is 5.39. The Morgan fingerprint density at radius 2 is 2.12 bits per heavy atom. The molecule has 0 aromatic heterocycles. The zero-order valence-corrected chi connectivity index (χ0v) is 10.6. The van der Waals surface area contributed by atoms with E-state index in [1.54, 1.807) is 13.2 Å². The number of hydrogen-bond acceptors (Lipinski definition) is 2. The molecule has 90 valence electrons. The van der Waals surface area contributed by atoms with Crippen LogP contribution >= 0.6 is 11.6 Å². The molecule has 1 unspecified atom stereocenters. The van der Waals surface area contributed by atoms with Gasteiger partial charge in [-0.05, 0) is 24.1 Å². The van der Waals surface area contributed by atoms with Crippen molar-refractivity contribution < 1.29 is 9.84 Å². The lowest BCUT2D eigenvalue weighted by molar-refractivity contribution is 0.163. The highest BCUT2D eigenvalue weighted by molar-refractivity contribution is 6.31. The van der Waals surface area contributed by atoms with Crippen LogP contribution < -0.4 is 4.74 Å². The molecule has 0 aliphatic heterocycles. The summed E-state index contributed by atoms with van der Waals surface area (Å²) in [5.41, 5.74) is 0.790. The molecule has 0 aliphatic rings. The molecule has 0 saturated carbocycles. The van der Waals surface area contributed by atoms with Crippen molar-refractivity contribution in [2.24, 2.45) is 0 Å². The molecule has 2 nitrogen and oxygen atoms in total. The number of aliphatic hydroxyl groups excluding tert-OH is 1. The van der Waals surface area contributed by atoms with Crippen LogP contribution in [-0.2, 0) is 0 Å². The molecule has 1 aromatic rings. The van der Waals surface area contributed by atoms with Crippen molar-refractivity contribution in [2.75, 3.05) is 7.11 Å². The van der Waals surface area contributed by atoms with E-state index in [2.05, 4.69) is 6.92 Å². The third kappa shape index (κ3) is 3.69. The van der Waals surface area contributed by atoms with Gasteiger partial charge in [0.15, 0.2) is 0 Å². The van der Waals surface area contributed by atoms with Gasteiger partial charge >= 0.3 is 0 Å². The Kier molecular flexibility index (Phi) is 5.64. The van der Waals surface area contributed by atoms with Crippen LogP contribution in [0.2, 0.25) is 5.02 Å². The molecule has 1 atom stereocenters. The third-order valence-corrected chi connectivity index (χ3v) is 2.98. The Labute approximate surface area is 102 Å². The third-order valence-electron chi connectivity index (χ3n) is 2.65. The van der Waals surface area contributed by atoms with E-state index in [9.17, 15) is 5.11 Å². The minimum absolute atomic E-state index is 0.468. The highest BCUT2D eigenvalue weighted by atomic mass is 35.5. The van der Waals surface area contributed by atoms with Crippen molar-refractivity contribution in [1.82, 2.24) is 0 Å². The quantitative estimate of drug-likeness (QED) is 0.765. The predicted octanol–water partition coefficient (Wildman–Crippen LogP) is 3.96. The van der Waals surface area contributed by atoms with Crippen molar-refractivity contribution in [1.29, 1.82) is 0 Å². The van der Waals surface area contributed by atoms with Gasteiger partial charge in [-0.25, -0.2) is 0 Å². The van der Waals surface area contributed by atoms with Crippen molar-refractivity contribution >= 4 is 11.6 Å². The highest BCUT2D eigenvalue weighted by Crippen LogP contribution is 2.29. The number of unbranched alkanes of at least 4 members (excludes halogenated alkanes) is 2. The summed E-state index contributed by atoms with van der Waals surface area (Å²) in [5.74, 6) is 0.717. The second-order valence-electron chi connectivity index (χ2n) is 3.90. The molecule has 0 spiro atoms. The number of rotatable bonds is 6. The number of hydrogen-bond donors (Lipinski definition) is 1. The topological polar surface area (TPSA) is 29.5 Å². The van der Waals surface area contributed by atoms with E-state index in [1.807, 2.05) is 12.1 Å². The highest BCUT2D eigenvalue weighted by Gasteiger charge is 2.11. The zero-order valence-electron chi connectivity index (χ0n) is 9.87. The summed E-state index contributed by atoms with van der Waals surface area (Å²) < 4.78 is 5.06. The standard InChI is InChI=1S/C13H19ClO2/c1-3-4-5-6-13(15)11-8-7-10(16-2)9-12(11)14/h7-9,13,15H,3-6H2,1-2H3. The SMILES string of the molecule is CCCCCC(O)c1ccc(OC)cc1Cl. The fraction of sp³-hybridized carbons (Fsp3) is 0.538. The van der Waals surface area contributed by atoms with E-state index in [-0.39, 0.29) is 0 Å². The maximum absolute atomic E-state index is 9.97. The average molecular weight is 243 g/mol. The lowest BCUT2D eigenvalue weighted by Gasteiger charge is -2.13. The van der Waals surface area contributed by atoms with Crippen LogP contribution in [0.5, 0.6) is 5.75 Å². The van der Waals surface area contributed by atoms with E-state index in [1.165, 1.54) is 0 Å². The summed E-state index contributed by atoms with van der Waals surface area (Å²) in [7, 11) is 1.60. The first-order chi connectivity index (χ1) is 7.69. The summed E-state index contributed by atoms with van der Waals surface area (Å²) in [5, 5.41) is 10.5. The number of ether oxygens (including phenoxy) is 1. The normalized spacial score (nSPS) is 12.5. The molecule has 0 amide bonds. The molecule has 1 N–H and O–H groups in total. The van der Waals surface area contributed by atoms with E-state index in [0.717, 1.165) is 37.0 Å². The first-order valence-electron chi connectivity index (χ1n) is 5.70. The van der Waals surface area contributed by atoms with Crippen molar-refractivity contribution in [3.05, 3.63) is 28.8 Å². The molecular weight excluding hydrogens is 224 g/mol. The van der Waals surface area contributed by atoms with E-state index in [4.69, 9.17) is 16.3 Å². The molecule has 0 heterocycles. The van der Waals surface area contributed by atoms with Gasteiger partial charge in [-0.1, -0.05) is 43.9 Å². The van der Waals surface area contributed by atoms with Gasteiger partial charge in [-0.15, -0.1) is 0 Å². The minimum Gasteiger partial charge on any atom is -0.497 e. The Hall–Kier alpha value is -0.730. The van der Waals surface area contributed by atoms with Crippen molar-refractivity contribution in [3.8, 4) is 5.75 Å². The second-order valence-corrected chi connectivity index (χ2v) is 4.31. The summed E-state index contributed by atoms with van der Waals surface area (Å²) in [6.07, 6.45) is 3.62. The fourth-order valence-corrected chi connectivity index (χ4v) is 1.94. The van der Waals surface area contributed by atoms with Crippen LogP contribution in [0.1, 0.15) is 44.3 Å². The summed E-state index contributed by atoms with van der Waals surface area (Å²) in [6.45, 7) is 2.15. The van der Waals surface area contributed by atoms with Crippen LogP contribution in [-0.4, -0.2) is 12.2 Å². The Morgan fingerprint density at radius 1 is 1.38 bits per heavy atom. The molecular formula is C13H19ClO2. The van der Waals surface area contributed by atoms with Crippen LogP contribution in [0, 0.1) is 0 Å². The largest absolute Gasteiger partial charge is 0.497 e. The molecule has 0 aliphatic carbocycles. The summed E-state index contributed by atoms with van der Waals surface area (Å²) >= 11 is 6.08. The van der Waals surface area contributed by atoms with Gasteiger partial charge in [0.25, 0.3) is 0 Å². The van der Waals surface area contributed by atoms with Gasteiger partial charge in [0, 0.05) is 0 Å². The lowest BCUT2D eigenvalue weighted by atomic mass is 10.0. The Morgan fingerprint density at radius 3 is 2.69 bits per heavy atom. The molecule has 1 aromatic carbocycles. The first-order valence-corrected chi connectivity index (χ1v) is 6.08. The zero-order chi connectivity index (χ0) is 12.0. The van der Waals surface area contributed by atoms with Crippen molar-refractivity contribution in [3.63, 3.8) is 0 Å². The number of halogens is 1. The Balaban J connectivity index is 2.64. The minimum atomic E-state index is -0.468. The van der Waals surface area contributed by atoms with Crippen LogP contribution in [0.15, 0.2) is 18.2 Å². The maximum atomic E-state index is 9.97. The number of methoxy groups -OCH3 is 1.